The lowest BCUT2D eigenvalue weighted by atomic mass is 10.2. The number of hydrogen-bond acceptors (Lipinski definition) is 5. The fourth-order valence-corrected chi connectivity index (χ4v) is 1.95. The SMILES string of the molecule is COCCNCC(=O)NCc1ccc(NC(=O)c2ccco2)cc1. The molecule has 0 aliphatic carbocycles. The van der Waals surface area contributed by atoms with Crippen molar-refractivity contribution in [2.75, 3.05) is 32.1 Å². The van der Waals surface area contributed by atoms with E-state index in [1.54, 1.807) is 31.4 Å². The molecule has 0 atom stereocenters. The van der Waals surface area contributed by atoms with Crippen LogP contribution in [-0.4, -0.2) is 38.6 Å². The van der Waals surface area contributed by atoms with Gasteiger partial charge < -0.3 is 25.1 Å². The Bertz CT molecular complexity index is 638. The number of ether oxygens (including phenoxy) is 1. The van der Waals surface area contributed by atoms with E-state index in [0.717, 1.165) is 5.56 Å². The lowest BCUT2D eigenvalue weighted by molar-refractivity contribution is -0.120. The first kappa shape index (κ1) is 17.7. The molecule has 0 unspecified atom stereocenters. The van der Waals surface area contributed by atoms with Gasteiger partial charge in [0.05, 0.1) is 19.4 Å². The van der Waals surface area contributed by atoms with Crippen molar-refractivity contribution in [3.8, 4) is 0 Å². The van der Waals surface area contributed by atoms with Gasteiger partial charge in [0.2, 0.25) is 5.91 Å². The molecule has 0 radical (unpaired) electrons. The van der Waals surface area contributed by atoms with Gasteiger partial charge in [0, 0.05) is 25.9 Å². The standard InChI is InChI=1S/C17H21N3O4/c1-23-10-8-18-12-16(21)19-11-13-4-6-14(7-5-13)20-17(22)15-3-2-9-24-15/h2-7,9,18H,8,10-12H2,1H3,(H,19,21)(H,20,22). The molecule has 128 valence electrons. The number of hydrogen-bond donors (Lipinski definition) is 3. The van der Waals surface area contributed by atoms with Crippen LogP contribution < -0.4 is 16.0 Å². The smallest absolute Gasteiger partial charge is 0.291 e. The number of furan rings is 1. The lowest BCUT2D eigenvalue weighted by Gasteiger charge is -2.08. The molecule has 2 amide bonds. The Hall–Kier alpha value is -2.64. The zero-order valence-corrected chi connectivity index (χ0v) is 13.5. The number of anilines is 1. The third-order valence-corrected chi connectivity index (χ3v) is 3.21. The third kappa shape index (κ3) is 5.86. The van der Waals surface area contributed by atoms with Crippen LogP contribution in [-0.2, 0) is 16.1 Å². The van der Waals surface area contributed by atoms with Gasteiger partial charge in [-0.1, -0.05) is 12.1 Å². The third-order valence-electron chi connectivity index (χ3n) is 3.21. The molecule has 1 aromatic heterocycles. The van der Waals surface area contributed by atoms with Crippen LogP contribution in [0.3, 0.4) is 0 Å². The Morgan fingerprint density at radius 3 is 2.62 bits per heavy atom. The van der Waals surface area contributed by atoms with Crippen molar-refractivity contribution in [1.82, 2.24) is 10.6 Å². The summed E-state index contributed by atoms with van der Waals surface area (Å²) in [5.74, 6) is -0.128. The van der Waals surface area contributed by atoms with Crippen molar-refractivity contribution >= 4 is 17.5 Å². The summed E-state index contributed by atoms with van der Waals surface area (Å²) >= 11 is 0. The summed E-state index contributed by atoms with van der Waals surface area (Å²) in [5, 5.41) is 8.52. The van der Waals surface area contributed by atoms with Gasteiger partial charge in [-0.15, -0.1) is 0 Å². The molecule has 2 rings (SSSR count). The second kappa shape index (κ2) is 9.49. The van der Waals surface area contributed by atoms with E-state index in [1.165, 1.54) is 6.26 Å². The highest BCUT2D eigenvalue weighted by Gasteiger charge is 2.08. The molecule has 0 bridgehead atoms. The minimum Gasteiger partial charge on any atom is -0.459 e. The Balaban J connectivity index is 1.73. The van der Waals surface area contributed by atoms with Crippen molar-refractivity contribution in [1.29, 1.82) is 0 Å². The summed E-state index contributed by atoms with van der Waals surface area (Å²) in [6.07, 6.45) is 1.45. The van der Waals surface area contributed by atoms with Gasteiger partial charge in [0.15, 0.2) is 5.76 Å². The molecule has 1 heterocycles. The zero-order valence-electron chi connectivity index (χ0n) is 13.5. The van der Waals surface area contributed by atoms with E-state index in [9.17, 15) is 9.59 Å². The molecule has 1 aromatic carbocycles. The van der Waals surface area contributed by atoms with E-state index in [4.69, 9.17) is 9.15 Å². The van der Waals surface area contributed by atoms with Gasteiger partial charge in [0.25, 0.3) is 5.91 Å². The average molecular weight is 331 g/mol. The van der Waals surface area contributed by atoms with Crippen LogP contribution in [0.1, 0.15) is 16.1 Å². The highest BCUT2D eigenvalue weighted by molar-refractivity contribution is 6.02. The Labute approximate surface area is 140 Å². The van der Waals surface area contributed by atoms with Crippen molar-refractivity contribution in [3.63, 3.8) is 0 Å². The number of carbonyl (C=O) groups excluding carboxylic acids is 2. The molecular formula is C17H21N3O4. The summed E-state index contributed by atoms with van der Waals surface area (Å²) in [6, 6.07) is 10.5. The summed E-state index contributed by atoms with van der Waals surface area (Å²) in [5.41, 5.74) is 1.60. The van der Waals surface area contributed by atoms with Crippen LogP contribution in [0.15, 0.2) is 47.1 Å². The molecule has 3 N–H and O–H groups in total. The second-order valence-corrected chi connectivity index (χ2v) is 5.07. The fourth-order valence-electron chi connectivity index (χ4n) is 1.95. The van der Waals surface area contributed by atoms with Gasteiger partial charge in [0.1, 0.15) is 0 Å². The lowest BCUT2D eigenvalue weighted by Crippen LogP contribution is -2.34. The molecule has 0 saturated carbocycles. The fraction of sp³-hybridized carbons (Fsp3) is 0.294. The average Bonchev–Trinajstić information content (AvgIpc) is 3.13. The number of benzene rings is 1. The van der Waals surface area contributed by atoms with Crippen molar-refractivity contribution < 1.29 is 18.7 Å². The largest absolute Gasteiger partial charge is 0.459 e. The van der Waals surface area contributed by atoms with E-state index in [-0.39, 0.29) is 24.1 Å². The molecular weight excluding hydrogens is 310 g/mol. The first-order chi connectivity index (χ1) is 11.7. The van der Waals surface area contributed by atoms with Gasteiger partial charge in [-0.2, -0.15) is 0 Å². The van der Waals surface area contributed by atoms with Crippen molar-refractivity contribution in [2.45, 2.75) is 6.54 Å². The number of methoxy groups -OCH3 is 1. The van der Waals surface area contributed by atoms with Crippen LogP contribution >= 0.6 is 0 Å². The highest BCUT2D eigenvalue weighted by Crippen LogP contribution is 2.11. The first-order valence-electron chi connectivity index (χ1n) is 7.59. The maximum Gasteiger partial charge on any atom is 0.291 e. The molecule has 0 aliphatic rings. The molecule has 24 heavy (non-hydrogen) atoms. The normalized spacial score (nSPS) is 10.4. The van der Waals surface area contributed by atoms with Crippen molar-refractivity contribution in [2.24, 2.45) is 0 Å². The van der Waals surface area contributed by atoms with Gasteiger partial charge in [-0.3, -0.25) is 9.59 Å². The van der Waals surface area contributed by atoms with Crippen LogP contribution in [0.5, 0.6) is 0 Å². The zero-order chi connectivity index (χ0) is 17.2. The number of nitrogens with one attached hydrogen (secondary N) is 3. The number of amides is 2. The summed E-state index contributed by atoms with van der Waals surface area (Å²) in [7, 11) is 1.61. The summed E-state index contributed by atoms with van der Waals surface area (Å²) in [4.78, 5) is 23.5. The van der Waals surface area contributed by atoms with Gasteiger partial charge >= 0.3 is 0 Å². The molecule has 0 spiro atoms. The quantitative estimate of drug-likeness (QED) is 0.604. The Kier molecular flexibility index (Phi) is 7.00. The summed E-state index contributed by atoms with van der Waals surface area (Å²) in [6.45, 7) is 1.88. The van der Waals surface area contributed by atoms with Crippen LogP contribution in [0.25, 0.3) is 0 Å². The van der Waals surface area contributed by atoms with Crippen LogP contribution in [0.2, 0.25) is 0 Å². The van der Waals surface area contributed by atoms with Gasteiger partial charge in [-0.25, -0.2) is 0 Å². The van der Waals surface area contributed by atoms with Crippen molar-refractivity contribution in [3.05, 3.63) is 54.0 Å². The maximum absolute atomic E-state index is 11.8. The molecule has 7 nitrogen and oxygen atoms in total. The summed E-state index contributed by atoms with van der Waals surface area (Å²) < 4.78 is 9.92. The second-order valence-electron chi connectivity index (χ2n) is 5.07. The highest BCUT2D eigenvalue weighted by atomic mass is 16.5. The number of carbonyl (C=O) groups is 2. The minimum atomic E-state index is -0.303. The molecule has 2 aromatic rings. The van der Waals surface area contributed by atoms with E-state index < -0.39 is 0 Å². The maximum atomic E-state index is 11.8. The van der Waals surface area contributed by atoms with Gasteiger partial charge in [-0.05, 0) is 29.8 Å². The van der Waals surface area contributed by atoms with Crippen LogP contribution in [0, 0.1) is 0 Å². The Morgan fingerprint density at radius 1 is 1.17 bits per heavy atom. The first-order valence-corrected chi connectivity index (χ1v) is 7.59. The monoisotopic (exact) mass is 331 g/mol. The van der Waals surface area contributed by atoms with E-state index in [2.05, 4.69) is 16.0 Å². The van der Waals surface area contributed by atoms with E-state index in [1.807, 2.05) is 12.1 Å². The van der Waals surface area contributed by atoms with E-state index >= 15 is 0 Å². The number of rotatable bonds is 9. The predicted molar refractivity (Wildman–Crippen MR) is 89.7 cm³/mol. The van der Waals surface area contributed by atoms with E-state index in [0.29, 0.717) is 25.4 Å². The predicted octanol–water partition coefficient (Wildman–Crippen LogP) is 1.38. The topological polar surface area (TPSA) is 92.6 Å². The minimum absolute atomic E-state index is 0.0821. The Morgan fingerprint density at radius 2 is 1.96 bits per heavy atom. The molecule has 0 aliphatic heterocycles. The van der Waals surface area contributed by atoms with Crippen LogP contribution in [0.4, 0.5) is 5.69 Å². The molecule has 0 saturated heterocycles. The molecule has 0 fully saturated rings. The molecule has 7 heteroatoms.